The van der Waals surface area contributed by atoms with E-state index in [2.05, 4.69) is 49.0 Å². The first-order chi connectivity index (χ1) is 15.4. The van der Waals surface area contributed by atoms with Gasteiger partial charge in [-0.1, -0.05) is 28.1 Å². The lowest BCUT2D eigenvalue weighted by Crippen LogP contribution is -2.19. The Morgan fingerprint density at radius 2 is 2.00 bits per heavy atom. The number of rotatable bonds is 7. The fourth-order valence-corrected chi connectivity index (χ4v) is 3.73. The van der Waals surface area contributed by atoms with E-state index in [1.807, 2.05) is 36.4 Å². The molecule has 0 aromatic heterocycles. The van der Waals surface area contributed by atoms with Crippen molar-refractivity contribution in [2.75, 3.05) is 7.11 Å². The van der Waals surface area contributed by atoms with Crippen LogP contribution in [-0.4, -0.2) is 19.2 Å². The van der Waals surface area contributed by atoms with Crippen LogP contribution in [0.3, 0.4) is 0 Å². The SMILES string of the molecule is COc1cc(/C=N\NC(=O)c2ccc(C#N)cc2F)cc(I)c1OCc1ccc(Br)cc1. The molecule has 0 spiro atoms. The molecule has 0 bridgehead atoms. The van der Waals surface area contributed by atoms with Gasteiger partial charge in [-0.05, 0) is 76.2 Å². The summed E-state index contributed by atoms with van der Waals surface area (Å²) in [6.45, 7) is 0.374. The fourth-order valence-electron chi connectivity index (χ4n) is 2.68. The molecule has 0 saturated heterocycles. The Morgan fingerprint density at radius 1 is 1.25 bits per heavy atom. The predicted molar refractivity (Wildman–Crippen MR) is 130 cm³/mol. The van der Waals surface area contributed by atoms with Crippen LogP contribution in [0.4, 0.5) is 4.39 Å². The topological polar surface area (TPSA) is 83.7 Å². The van der Waals surface area contributed by atoms with E-state index >= 15 is 0 Å². The summed E-state index contributed by atoms with van der Waals surface area (Å²) in [6, 6.07) is 16.8. The average molecular weight is 608 g/mol. The number of hydrogen-bond acceptors (Lipinski definition) is 5. The van der Waals surface area contributed by atoms with Crippen molar-refractivity contribution in [3.63, 3.8) is 0 Å². The maximum Gasteiger partial charge on any atom is 0.274 e. The van der Waals surface area contributed by atoms with Crippen LogP contribution >= 0.6 is 38.5 Å². The van der Waals surface area contributed by atoms with Gasteiger partial charge in [0.2, 0.25) is 0 Å². The van der Waals surface area contributed by atoms with Crippen molar-refractivity contribution >= 4 is 50.6 Å². The maximum absolute atomic E-state index is 14.0. The van der Waals surface area contributed by atoms with Crippen LogP contribution in [0.2, 0.25) is 0 Å². The third kappa shape index (κ3) is 6.05. The maximum atomic E-state index is 14.0. The summed E-state index contributed by atoms with van der Waals surface area (Å²) in [5, 5.41) is 12.7. The number of methoxy groups -OCH3 is 1. The molecule has 0 saturated carbocycles. The van der Waals surface area contributed by atoms with Crippen molar-refractivity contribution in [2.24, 2.45) is 5.10 Å². The number of halogens is 3. The standard InChI is InChI=1S/C23H16BrFIN3O3/c1-31-21-10-16(9-20(26)22(21)32-13-14-2-5-17(24)6-3-14)12-28-29-23(30)18-7-4-15(11-27)8-19(18)25/h2-10,12H,13H2,1H3,(H,29,30)/b28-12-. The predicted octanol–water partition coefficient (Wildman–Crippen LogP) is 5.42. The molecule has 0 heterocycles. The minimum Gasteiger partial charge on any atom is -0.493 e. The lowest BCUT2D eigenvalue weighted by Gasteiger charge is -2.13. The first kappa shape index (κ1) is 23.7. The summed E-state index contributed by atoms with van der Waals surface area (Å²) >= 11 is 5.54. The van der Waals surface area contributed by atoms with Gasteiger partial charge in [0, 0.05) is 4.47 Å². The molecule has 0 radical (unpaired) electrons. The summed E-state index contributed by atoms with van der Waals surface area (Å²) in [5.41, 5.74) is 3.87. The van der Waals surface area contributed by atoms with Gasteiger partial charge in [0.25, 0.3) is 5.91 Å². The second-order valence-corrected chi connectivity index (χ2v) is 8.53. The van der Waals surface area contributed by atoms with Crippen molar-refractivity contribution in [3.8, 4) is 17.6 Å². The second kappa shape index (κ2) is 11.1. The van der Waals surface area contributed by atoms with Gasteiger partial charge in [-0.2, -0.15) is 10.4 Å². The number of hydrogen-bond donors (Lipinski definition) is 1. The number of hydrazone groups is 1. The Bertz CT molecular complexity index is 1210. The third-order valence-corrected chi connectivity index (χ3v) is 5.60. The van der Waals surface area contributed by atoms with Crippen molar-refractivity contribution in [1.82, 2.24) is 5.43 Å². The number of nitrogens with one attached hydrogen (secondary N) is 1. The van der Waals surface area contributed by atoms with E-state index in [9.17, 15) is 9.18 Å². The minimum atomic E-state index is -0.791. The van der Waals surface area contributed by atoms with Gasteiger partial charge in [-0.25, -0.2) is 9.82 Å². The highest BCUT2D eigenvalue weighted by Gasteiger charge is 2.13. The van der Waals surface area contributed by atoms with Crippen LogP contribution < -0.4 is 14.9 Å². The summed E-state index contributed by atoms with van der Waals surface area (Å²) in [4.78, 5) is 12.1. The van der Waals surface area contributed by atoms with E-state index < -0.39 is 11.7 Å². The Kier molecular flexibility index (Phi) is 8.19. The molecule has 162 valence electrons. The zero-order valence-electron chi connectivity index (χ0n) is 16.7. The second-order valence-electron chi connectivity index (χ2n) is 6.45. The summed E-state index contributed by atoms with van der Waals surface area (Å²) < 4.78 is 27.1. The first-order valence-electron chi connectivity index (χ1n) is 9.19. The quantitative estimate of drug-likeness (QED) is 0.221. The molecule has 0 atom stereocenters. The van der Waals surface area contributed by atoms with Gasteiger partial charge in [-0.15, -0.1) is 0 Å². The largest absolute Gasteiger partial charge is 0.493 e. The number of ether oxygens (including phenoxy) is 2. The van der Waals surface area contributed by atoms with Crippen molar-refractivity contribution < 1.29 is 18.7 Å². The van der Waals surface area contributed by atoms with Crippen molar-refractivity contribution in [2.45, 2.75) is 6.61 Å². The summed E-state index contributed by atoms with van der Waals surface area (Å²) in [5.74, 6) is -0.406. The van der Waals surface area contributed by atoms with E-state index in [-0.39, 0.29) is 11.1 Å². The third-order valence-electron chi connectivity index (χ3n) is 4.27. The molecule has 0 aliphatic carbocycles. The number of amides is 1. The smallest absolute Gasteiger partial charge is 0.274 e. The number of nitriles is 1. The molecule has 1 N–H and O–H groups in total. The molecule has 3 aromatic carbocycles. The van der Waals surface area contributed by atoms with E-state index in [0.717, 1.165) is 19.7 Å². The first-order valence-corrected chi connectivity index (χ1v) is 11.1. The number of carbonyl (C=O) groups excluding carboxylic acids is 1. The highest BCUT2D eigenvalue weighted by molar-refractivity contribution is 14.1. The van der Waals surface area contributed by atoms with Crippen LogP contribution in [-0.2, 0) is 6.61 Å². The molecule has 32 heavy (non-hydrogen) atoms. The Labute approximate surface area is 206 Å². The highest BCUT2D eigenvalue weighted by atomic mass is 127. The summed E-state index contributed by atoms with van der Waals surface area (Å²) in [7, 11) is 1.54. The van der Waals surface area contributed by atoms with E-state index in [0.29, 0.717) is 23.7 Å². The van der Waals surface area contributed by atoms with Crippen LogP contribution in [0.25, 0.3) is 0 Å². The van der Waals surface area contributed by atoms with Crippen LogP contribution in [0, 0.1) is 20.7 Å². The lowest BCUT2D eigenvalue weighted by atomic mass is 10.1. The number of benzene rings is 3. The molecular formula is C23H16BrFIN3O3. The van der Waals surface area contributed by atoms with Gasteiger partial charge in [0.15, 0.2) is 11.5 Å². The van der Waals surface area contributed by atoms with E-state index in [1.165, 1.54) is 25.5 Å². The van der Waals surface area contributed by atoms with Crippen molar-refractivity contribution in [1.29, 1.82) is 5.26 Å². The molecule has 0 unspecified atom stereocenters. The molecule has 9 heteroatoms. The molecule has 6 nitrogen and oxygen atoms in total. The molecule has 3 aromatic rings. The number of nitrogens with zero attached hydrogens (tertiary/aromatic N) is 2. The van der Waals surface area contributed by atoms with Gasteiger partial charge in [0.1, 0.15) is 12.4 Å². The lowest BCUT2D eigenvalue weighted by molar-refractivity contribution is 0.0951. The molecule has 0 fully saturated rings. The molecule has 1 amide bonds. The molecule has 3 rings (SSSR count). The van der Waals surface area contributed by atoms with Crippen LogP contribution in [0.15, 0.2) is 64.2 Å². The van der Waals surface area contributed by atoms with Gasteiger partial charge >= 0.3 is 0 Å². The fraction of sp³-hybridized carbons (Fsp3) is 0.0870. The van der Waals surface area contributed by atoms with Crippen LogP contribution in [0.5, 0.6) is 11.5 Å². The van der Waals surface area contributed by atoms with Crippen molar-refractivity contribution in [3.05, 3.63) is 90.7 Å². The monoisotopic (exact) mass is 607 g/mol. The highest BCUT2D eigenvalue weighted by Crippen LogP contribution is 2.34. The Hall–Kier alpha value is -2.97. The van der Waals surface area contributed by atoms with Gasteiger partial charge in [-0.3, -0.25) is 4.79 Å². The Balaban J connectivity index is 1.69. The zero-order chi connectivity index (χ0) is 23.1. The van der Waals surface area contributed by atoms with Gasteiger partial charge < -0.3 is 9.47 Å². The van der Waals surface area contributed by atoms with Crippen LogP contribution in [0.1, 0.15) is 27.0 Å². The normalized spacial score (nSPS) is 10.6. The van der Waals surface area contributed by atoms with E-state index in [1.54, 1.807) is 6.07 Å². The molecule has 0 aliphatic rings. The average Bonchev–Trinajstić information content (AvgIpc) is 2.78. The number of carbonyl (C=O) groups is 1. The minimum absolute atomic E-state index is 0.131. The molecular weight excluding hydrogens is 592 g/mol. The Morgan fingerprint density at radius 3 is 2.66 bits per heavy atom. The molecule has 0 aliphatic heterocycles. The zero-order valence-corrected chi connectivity index (χ0v) is 20.5. The van der Waals surface area contributed by atoms with E-state index in [4.69, 9.17) is 14.7 Å². The van der Waals surface area contributed by atoms with Gasteiger partial charge in [0.05, 0.1) is 34.1 Å². The summed E-state index contributed by atoms with van der Waals surface area (Å²) in [6.07, 6.45) is 1.42.